The van der Waals surface area contributed by atoms with Gasteiger partial charge in [-0.05, 0) is 74.7 Å². The number of carboxylic acids is 1. The van der Waals surface area contributed by atoms with E-state index in [1.54, 1.807) is 4.90 Å². The Morgan fingerprint density at radius 1 is 1.16 bits per heavy atom. The van der Waals surface area contributed by atoms with Gasteiger partial charge in [-0.15, -0.1) is 0 Å². The molecule has 1 unspecified atom stereocenters. The maximum Gasteiger partial charge on any atom is 0.377 e. The van der Waals surface area contributed by atoms with Crippen molar-refractivity contribution in [2.75, 3.05) is 13.1 Å². The summed E-state index contributed by atoms with van der Waals surface area (Å²) in [5, 5.41) is 23.3. The fraction of sp³-hybridized carbons (Fsp3) is 0.320. The monoisotopic (exact) mass is 635 g/mol. The number of carbonyl (C=O) groups excluding carboxylic acids is 2. The van der Waals surface area contributed by atoms with E-state index in [2.05, 4.69) is 54.1 Å². The van der Waals surface area contributed by atoms with Crippen molar-refractivity contribution in [2.45, 2.75) is 31.5 Å². The highest BCUT2D eigenvalue weighted by molar-refractivity contribution is 9.11. The first-order valence-corrected chi connectivity index (χ1v) is 13.0. The molecule has 37 heavy (non-hydrogen) atoms. The summed E-state index contributed by atoms with van der Waals surface area (Å²) in [5.41, 5.74) is 1.73. The third-order valence-electron chi connectivity index (χ3n) is 6.10. The molecule has 2 heterocycles. The number of piperidine rings is 1. The molecule has 1 amide bonds. The topological polar surface area (TPSA) is 143 Å². The number of aliphatic hydroxyl groups is 1. The molecule has 12 heteroatoms. The van der Waals surface area contributed by atoms with Crippen molar-refractivity contribution >= 4 is 50.0 Å². The molecule has 3 aromatic rings. The van der Waals surface area contributed by atoms with E-state index in [-0.39, 0.29) is 38.6 Å². The Hall–Kier alpha value is -3.09. The molecular formula is C25H23Br2N3O7. The van der Waals surface area contributed by atoms with Crippen LogP contribution in [0.3, 0.4) is 0 Å². The van der Waals surface area contributed by atoms with Gasteiger partial charge in [-0.1, -0.05) is 35.5 Å². The molecule has 1 aliphatic rings. The van der Waals surface area contributed by atoms with Crippen LogP contribution in [-0.4, -0.2) is 62.3 Å². The first kappa shape index (κ1) is 27.0. The number of hydrogen-bond acceptors (Lipinski definition) is 8. The van der Waals surface area contributed by atoms with Gasteiger partial charge in [-0.3, -0.25) is 4.79 Å². The van der Waals surface area contributed by atoms with Crippen LogP contribution in [0.4, 0.5) is 0 Å². The summed E-state index contributed by atoms with van der Waals surface area (Å²) >= 11 is 6.53. The average molecular weight is 637 g/mol. The largest absolute Gasteiger partial charge is 0.476 e. The van der Waals surface area contributed by atoms with E-state index in [0.29, 0.717) is 24.6 Å². The van der Waals surface area contributed by atoms with Gasteiger partial charge in [0.15, 0.2) is 5.75 Å². The molecule has 1 aliphatic heterocycles. The predicted octanol–water partition coefficient (Wildman–Crippen LogP) is 4.10. The highest BCUT2D eigenvalue weighted by Crippen LogP contribution is 2.39. The Morgan fingerprint density at radius 3 is 2.41 bits per heavy atom. The molecule has 2 aromatic carbocycles. The van der Waals surface area contributed by atoms with Crippen LogP contribution in [-0.2, 0) is 16.0 Å². The van der Waals surface area contributed by atoms with Crippen molar-refractivity contribution in [3.63, 3.8) is 0 Å². The number of amides is 1. The fourth-order valence-electron chi connectivity index (χ4n) is 4.09. The molecule has 4 rings (SSSR count). The molecule has 1 fully saturated rings. The van der Waals surface area contributed by atoms with Crippen molar-refractivity contribution in [3.8, 4) is 17.1 Å². The van der Waals surface area contributed by atoms with Crippen LogP contribution in [0.1, 0.15) is 35.5 Å². The first-order chi connectivity index (χ1) is 17.7. The van der Waals surface area contributed by atoms with E-state index >= 15 is 0 Å². The number of rotatable bonds is 9. The van der Waals surface area contributed by atoms with Crippen LogP contribution in [0.25, 0.3) is 11.4 Å². The van der Waals surface area contributed by atoms with Crippen LogP contribution in [0.15, 0.2) is 55.9 Å². The van der Waals surface area contributed by atoms with Crippen LogP contribution >= 0.6 is 31.9 Å². The second-order valence-electron chi connectivity index (χ2n) is 8.68. The SMILES string of the molecule is O=CCC(O)(Oc1c(Br)cc(-c2noc(C(=O)N3CCC(Cc4ccccc4)CC3)n2)cc1Br)C(=O)O. The van der Waals surface area contributed by atoms with Gasteiger partial charge in [0.1, 0.15) is 6.29 Å². The number of carbonyl (C=O) groups is 3. The fourth-order valence-corrected chi connectivity index (χ4v) is 5.44. The van der Waals surface area contributed by atoms with Crippen molar-refractivity contribution in [2.24, 2.45) is 5.92 Å². The van der Waals surface area contributed by atoms with E-state index < -0.39 is 18.2 Å². The average Bonchev–Trinajstić information content (AvgIpc) is 3.37. The Labute approximate surface area is 228 Å². The van der Waals surface area contributed by atoms with Crippen molar-refractivity contribution in [3.05, 3.63) is 62.9 Å². The van der Waals surface area contributed by atoms with E-state index in [4.69, 9.17) is 9.26 Å². The number of aliphatic carboxylic acids is 1. The molecule has 10 nitrogen and oxygen atoms in total. The van der Waals surface area contributed by atoms with Gasteiger partial charge in [0, 0.05) is 18.7 Å². The molecule has 194 valence electrons. The molecule has 1 atom stereocenters. The van der Waals surface area contributed by atoms with Crippen LogP contribution < -0.4 is 4.74 Å². The summed E-state index contributed by atoms with van der Waals surface area (Å²) in [6, 6.07) is 13.3. The highest BCUT2D eigenvalue weighted by Gasteiger charge is 2.40. The number of halogens is 2. The lowest BCUT2D eigenvalue weighted by Crippen LogP contribution is -2.45. The molecule has 0 radical (unpaired) electrons. The van der Waals surface area contributed by atoms with Crippen LogP contribution in [0.2, 0.25) is 0 Å². The second kappa shape index (κ2) is 11.5. The number of hydrogen-bond donors (Lipinski definition) is 2. The van der Waals surface area contributed by atoms with E-state index in [9.17, 15) is 24.6 Å². The molecule has 0 saturated carbocycles. The zero-order valence-corrected chi connectivity index (χ0v) is 22.6. The first-order valence-electron chi connectivity index (χ1n) is 11.4. The summed E-state index contributed by atoms with van der Waals surface area (Å²) in [6.45, 7) is 1.20. The van der Waals surface area contributed by atoms with Gasteiger partial charge in [-0.2, -0.15) is 4.98 Å². The van der Waals surface area contributed by atoms with Crippen LogP contribution in [0.5, 0.6) is 5.75 Å². The lowest BCUT2D eigenvalue weighted by molar-refractivity contribution is -0.195. The third kappa shape index (κ3) is 6.25. The zero-order chi connectivity index (χ0) is 26.6. The van der Waals surface area contributed by atoms with Gasteiger partial charge in [0.25, 0.3) is 0 Å². The van der Waals surface area contributed by atoms with Crippen LogP contribution in [0, 0.1) is 5.92 Å². The standard InChI is InChI=1S/C25H23Br2N3O7/c26-18-13-17(14-19(27)20(18)36-25(35,8-11-31)24(33)34)21-28-22(37-29-21)23(32)30-9-6-16(7-10-30)12-15-4-2-1-3-5-15/h1-5,11,13-14,16,35H,6-10,12H2,(H,33,34). The highest BCUT2D eigenvalue weighted by atomic mass is 79.9. The summed E-state index contributed by atoms with van der Waals surface area (Å²) < 4.78 is 11.0. The molecule has 0 spiro atoms. The van der Waals surface area contributed by atoms with Gasteiger partial charge in [0.2, 0.25) is 5.82 Å². The summed E-state index contributed by atoms with van der Waals surface area (Å²) in [5.74, 6) is -4.33. The maximum absolute atomic E-state index is 13.0. The van der Waals surface area contributed by atoms with Gasteiger partial charge < -0.3 is 29.2 Å². The number of benzene rings is 2. The molecule has 1 aromatic heterocycles. The molecular weight excluding hydrogens is 614 g/mol. The minimum Gasteiger partial charge on any atom is -0.476 e. The Bertz CT molecular complexity index is 1270. The van der Waals surface area contributed by atoms with Crippen molar-refractivity contribution in [1.82, 2.24) is 15.0 Å². The Kier molecular flexibility index (Phi) is 8.40. The van der Waals surface area contributed by atoms with Gasteiger partial charge >= 0.3 is 23.6 Å². The predicted molar refractivity (Wildman–Crippen MR) is 138 cm³/mol. The van der Waals surface area contributed by atoms with Crippen molar-refractivity contribution in [1.29, 1.82) is 0 Å². The number of likely N-dealkylation sites (tertiary alicyclic amines) is 1. The number of nitrogens with zero attached hydrogens (tertiary/aromatic N) is 3. The number of ether oxygens (including phenoxy) is 1. The normalized spacial score (nSPS) is 15.7. The Balaban J connectivity index is 1.43. The molecule has 0 bridgehead atoms. The zero-order valence-electron chi connectivity index (χ0n) is 19.5. The van der Waals surface area contributed by atoms with E-state index in [1.165, 1.54) is 17.7 Å². The van der Waals surface area contributed by atoms with Gasteiger partial charge in [-0.25, -0.2) is 4.79 Å². The number of aldehydes is 1. The molecule has 2 N–H and O–H groups in total. The molecule has 1 saturated heterocycles. The van der Waals surface area contributed by atoms with E-state index in [1.807, 2.05) is 18.2 Å². The number of carboxylic acid groups (broad SMARTS) is 1. The van der Waals surface area contributed by atoms with Crippen molar-refractivity contribution < 1.29 is 33.9 Å². The quantitative estimate of drug-likeness (QED) is 0.262. The number of aromatic nitrogens is 2. The van der Waals surface area contributed by atoms with E-state index in [0.717, 1.165) is 19.3 Å². The minimum absolute atomic E-state index is 0.0475. The molecule has 0 aliphatic carbocycles. The minimum atomic E-state index is -2.74. The summed E-state index contributed by atoms with van der Waals surface area (Å²) in [6.07, 6.45) is 2.22. The summed E-state index contributed by atoms with van der Waals surface area (Å²) in [7, 11) is 0. The van der Waals surface area contributed by atoms with Gasteiger partial charge in [0.05, 0.1) is 15.4 Å². The lowest BCUT2D eigenvalue weighted by Gasteiger charge is -2.31. The Morgan fingerprint density at radius 2 is 1.81 bits per heavy atom. The smallest absolute Gasteiger partial charge is 0.377 e. The summed E-state index contributed by atoms with van der Waals surface area (Å²) in [4.78, 5) is 41.1. The lowest BCUT2D eigenvalue weighted by atomic mass is 9.90. The third-order valence-corrected chi connectivity index (χ3v) is 7.28. The second-order valence-corrected chi connectivity index (χ2v) is 10.4. The maximum atomic E-state index is 13.0.